The van der Waals surface area contributed by atoms with Crippen molar-refractivity contribution < 1.29 is 0 Å². The summed E-state index contributed by atoms with van der Waals surface area (Å²) in [5, 5.41) is 0. The lowest BCUT2D eigenvalue weighted by Gasteiger charge is -2.59. The molecule has 1 aromatic heterocycles. The molecular formula is C18H28N2. The van der Waals surface area contributed by atoms with Crippen LogP contribution in [0.5, 0.6) is 0 Å². The zero-order valence-corrected chi connectivity index (χ0v) is 13.8. The van der Waals surface area contributed by atoms with Crippen molar-refractivity contribution in [3.63, 3.8) is 0 Å². The Bertz CT molecular complexity index is 513. The number of nitrogens with zero attached hydrogens (tertiary/aromatic N) is 2. The van der Waals surface area contributed by atoms with Crippen LogP contribution in [0.15, 0.2) is 6.07 Å². The Kier molecular flexibility index (Phi) is 3.20. The minimum atomic E-state index is 0.444. The van der Waals surface area contributed by atoms with Gasteiger partial charge in [-0.25, -0.2) is 0 Å². The van der Waals surface area contributed by atoms with E-state index in [0.29, 0.717) is 17.4 Å². The van der Waals surface area contributed by atoms with Crippen LogP contribution >= 0.6 is 0 Å². The summed E-state index contributed by atoms with van der Waals surface area (Å²) in [6.07, 6.45) is 2.66. The molecule has 4 unspecified atom stereocenters. The normalized spacial score (nSPS) is 40.1. The van der Waals surface area contributed by atoms with E-state index in [4.69, 9.17) is 4.98 Å². The standard InChI is InChI=1S/C18H28N2/c1-11-9-12(2)19-14(4)16(11)17-15(5)20-8-7-18(17,6)10-13(20)3/h9,13,15,17H,7-8,10H2,1-6H3/t13?,15-,17?,18?/m1/s1. The van der Waals surface area contributed by atoms with Gasteiger partial charge in [-0.2, -0.15) is 0 Å². The van der Waals surface area contributed by atoms with Crippen LogP contribution in [-0.4, -0.2) is 28.5 Å². The molecule has 2 bridgehead atoms. The van der Waals surface area contributed by atoms with Crippen molar-refractivity contribution in [2.75, 3.05) is 6.54 Å². The van der Waals surface area contributed by atoms with E-state index in [9.17, 15) is 0 Å². The van der Waals surface area contributed by atoms with Gasteiger partial charge in [-0.05, 0) is 76.6 Å². The highest BCUT2D eigenvalue weighted by atomic mass is 15.2. The molecular weight excluding hydrogens is 244 g/mol. The quantitative estimate of drug-likeness (QED) is 0.768. The lowest BCUT2D eigenvalue weighted by atomic mass is 9.58. The van der Waals surface area contributed by atoms with Gasteiger partial charge in [0, 0.05) is 29.4 Å². The molecule has 3 aliphatic rings. The summed E-state index contributed by atoms with van der Waals surface area (Å²) in [5.74, 6) is 0.639. The Morgan fingerprint density at radius 1 is 1.25 bits per heavy atom. The third-order valence-electron chi connectivity index (χ3n) is 5.92. The first-order valence-electron chi connectivity index (χ1n) is 8.04. The van der Waals surface area contributed by atoms with E-state index >= 15 is 0 Å². The number of hydrogen-bond acceptors (Lipinski definition) is 2. The van der Waals surface area contributed by atoms with Gasteiger partial charge < -0.3 is 0 Å². The minimum Gasteiger partial charge on any atom is -0.297 e. The molecule has 0 N–H and O–H groups in total. The topological polar surface area (TPSA) is 16.1 Å². The van der Waals surface area contributed by atoms with Crippen molar-refractivity contribution >= 4 is 0 Å². The van der Waals surface area contributed by atoms with E-state index in [2.05, 4.69) is 52.5 Å². The molecule has 110 valence electrons. The predicted molar refractivity (Wildman–Crippen MR) is 84.2 cm³/mol. The second-order valence-electron chi connectivity index (χ2n) is 7.49. The fourth-order valence-electron chi connectivity index (χ4n) is 5.25. The van der Waals surface area contributed by atoms with E-state index in [1.807, 2.05) is 0 Å². The van der Waals surface area contributed by atoms with Crippen molar-refractivity contribution in [2.45, 2.75) is 72.4 Å². The Morgan fingerprint density at radius 2 is 1.95 bits per heavy atom. The first-order chi connectivity index (χ1) is 9.33. The Morgan fingerprint density at radius 3 is 2.50 bits per heavy atom. The Balaban J connectivity index is 2.11. The molecule has 0 radical (unpaired) electrons. The lowest BCUT2D eigenvalue weighted by molar-refractivity contribution is -0.0627. The molecule has 20 heavy (non-hydrogen) atoms. The van der Waals surface area contributed by atoms with Crippen molar-refractivity contribution in [1.82, 2.24) is 9.88 Å². The van der Waals surface area contributed by atoms with Crippen LogP contribution in [0.3, 0.4) is 0 Å². The van der Waals surface area contributed by atoms with Gasteiger partial charge in [0.25, 0.3) is 0 Å². The van der Waals surface area contributed by atoms with Gasteiger partial charge in [0.1, 0.15) is 0 Å². The lowest BCUT2D eigenvalue weighted by Crippen LogP contribution is -2.60. The first-order valence-corrected chi connectivity index (χ1v) is 8.04. The number of aryl methyl sites for hydroxylation is 3. The van der Waals surface area contributed by atoms with Crippen LogP contribution in [0.4, 0.5) is 0 Å². The van der Waals surface area contributed by atoms with Crippen LogP contribution in [0.25, 0.3) is 0 Å². The highest BCUT2D eigenvalue weighted by Crippen LogP contribution is 2.55. The second-order valence-corrected chi connectivity index (χ2v) is 7.49. The van der Waals surface area contributed by atoms with Crippen molar-refractivity contribution in [1.29, 1.82) is 0 Å². The molecule has 4 rings (SSSR count). The van der Waals surface area contributed by atoms with Gasteiger partial charge in [0.05, 0.1) is 0 Å². The van der Waals surface area contributed by atoms with E-state index in [1.165, 1.54) is 36.2 Å². The maximum absolute atomic E-state index is 4.76. The molecule has 4 heterocycles. The number of pyridine rings is 1. The minimum absolute atomic E-state index is 0.444. The summed E-state index contributed by atoms with van der Waals surface area (Å²) in [6.45, 7) is 15.2. The number of rotatable bonds is 1. The van der Waals surface area contributed by atoms with Gasteiger partial charge in [-0.1, -0.05) is 6.92 Å². The molecule has 5 atom stereocenters. The molecule has 2 heteroatoms. The van der Waals surface area contributed by atoms with Gasteiger partial charge >= 0.3 is 0 Å². The third-order valence-corrected chi connectivity index (χ3v) is 5.92. The van der Waals surface area contributed by atoms with Crippen LogP contribution in [-0.2, 0) is 0 Å². The van der Waals surface area contributed by atoms with Crippen LogP contribution in [0, 0.1) is 26.2 Å². The van der Waals surface area contributed by atoms with Gasteiger partial charge in [-0.3, -0.25) is 9.88 Å². The van der Waals surface area contributed by atoms with E-state index < -0.39 is 0 Å². The molecule has 0 saturated carbocycles. The average molecular weight is 272 g/mol. The van der Waals surface area contributed by atoms with Crippen molar-refractivity contribution in [3.8, 4) is 0 Å². The number of hydrogen-bond donors (Lipinski definition) is 0. The summed E-state index contributed by atoms with van der Waals surface area (Å²) in [6, 6.07) is 3.64. The fourth-order valence-corrected chi connectivity index (χ4v) is 5.25. The summed E-state index contributed by atoms with van der Waals surface area (Å²) in [7, 11) is 0. The third kappa shape index (κ3) is 1.92. The molecule has 1 aromatic rings. The molecule has 0 aliphatic carbocycles. The largest absolute Gasteiger partial charge is 0.297 e. The molecule has 0 amide bonds. The molecule has 0 spiro atoms. The van der Waals surface area contributed by atoms with Crippen LogP contribution in [0.1, 0.15) is 62.0 Å². The Hall–Kier alpha value is -0.890. The Labute approximate surface area is 123 Å². The van der Waals surface area contributed by atoms with Crippen LogP contribution in [0.2, 0.25) is 0 Å². The zero-order chi connectivity index (χ0) is 14.7. The molecule has 2 nitrogen and oxygen atoms in total. The predicted octanol–water partition coefficient (Wildman–Crippen LogP) is 3.98. The highest BCUT2D eigenvalue weighted by Gasteiger charge is 2.51. The van der Waals surface area contributed by atoms with E-state index in [1.54, 1.807) is 0 Å². The maximum atomic E-state index is 4.76. The SMILES string of the molecule is Cc1cc(C)c(C2[C@@H](C)N3CCC2(C)CC3C)c(C)n1. The smallest absolute Gasteiger partial charge is 0.0414 e. The zero-order valence-electron chi connectivity index (χ0n) is 13.8. The van der Waals surface area contributed by atoms with Gasteiger partial charge in [-0.15, -0.1) is 0 Å². The summed E-state index contributed by atoms with van der Waals surface area (Å²) in [5.41, 5.74) is 5.81. The van der Waals surface area contributed by atoms with Crippen LogP contribution < -0.4 is 0 Å². The first kappa shape index (κ1) is 14.1. The molecule has 0 aromatic carbocycles. The summed E-state index contributed by atoms with van der Waals surface area (Å²) < 4.78 is 0. The number of aromatic nitrogens is 1. The number of fused-ring (bicyclic) bond motifs is 3. The van der Waals surface area contributed by atoms with Gasteiger partial charge in [0.15, 0.2) is 0 Å². The summed E-state index contributed by atoms with van der Waals surface area (Å²) in [4.78, 5) is 7.48. The highest BCUT2D eigenvalue weighted by molar-refractivity contribution is 5.38. The molecule has 3 fully saturated rings. The monoisotopic (exact) mass is 272 g/mol. The summed E-state index contributed by atoms with van der Waals surface area (Å²) >= 11 is 0. The maximum Gasteiger partial charge on any atom is 0.0414 e. The van der Waals surface area contributed by atoms with Gasteiger partial charge in [0.2, 0.25) is 0 Å². The molecule has 3 aliphatic heterocycles. The van der Waals surface area contributed by atoms with E-state index in [-0.39, 0.29) is 0 Å². The second kappa shape index (κ2) is 4.56. The van der Waals surface area contributed by atoms with E-state index in [0.717, 1.165) is 11.7 Å². The number of piperidine rings is 3. The molecule has 3 saturated heterocycles. The fraction of sp³-hybridized carbons (Fsp3) is 0.722. The van der Waals surface area contributed by atoms with Crippen molar-refractivity contribution in [3.05, 3.63) is 28.6 Å². The average Bonchev–Trinajstić information content (AvgIpc) is 2.31. The van der Waals surface area contributed by atoms with Crippen molar-refractivity contribution in [2.24, 2.45) is 5.41 Å².